The summed E-state index contributed by atoms with van der Waals surface area (Å²) in [5.41, 5.74) is 4.83. The van der Waals surface area contributed by atoms with E-state index in [4.69, 9.17) is 16.3 Å². The van der Waals surface area contributed by atoms with Crippen molar-refractivity contribution in [3.8, 4) is 0 Å². The predicted octanol–water partition coefficient (Wildman–Crippen LogP) is 4.74. The molecule has 2 aliphatic rings. The number of benzene rings is 1. The summed E-state index contributed by atoms with van der Waals surface area (Å²) in [5, 5.41) is 3.52. The van der Waals surface area contributed by atoms with Gasteiger partial charge in [0.05, 0.1) is 0 Å². The summed E-state index contributed by atoms with van der Waals surface area (Å²) < 4.78 is 5.57. The van der Waals surface area contributed by atoms with Gasteiger partial charge in [0.15, 0.2) is 0 Å². The number of halogens is 2. The minimum atomic E-state index is -0.211. The molecule has 0 atom stereocenters. The van der Waals surface area contributed by atoms with Gasteiger partial charge in [0.25, 0.3) is 11.5 Å². The highest BCUT2D eigenvalue weighted by Crippen LogP contribution is 2.33. The number of aromatic nitrogens is 1. The van der Waals surface area contributed by atoms with Gasteiger partial charge in [-0.15, -0.1) is 12.4 Å². The highest BCUT2D eigenvalue weighted by Gasteiger charge is 2.26. The molecule has 2 aromatic rings. The van der Waals surface area contributed by atoms with Crippen molar-refractivity contribution in [2.75, 3.05) is 24.7 Å². The zero-order chi connectivity index (χ0) is 23.4. The smallest absolute Gasteiger partial charge is 0.253 e. The monoisotopic (exact) mass is 505 g/mol. The third kappa shape index (κ3) is 5.85. The van der Waals surface area contributed by atoms with Crippen molar-refractivity contribution in [3.63, 3.8) is 0 Å². The number of nitrogens with zero attached hydrogens (tertiary/aromatic N) is 1. The first-order chi connectivity index (χ1) is 16.0. The number of fused-ring (bicyclic) bond motifs is 2. The zero-order valence-electron chi connectivity index (χ0n) is 19.8. The fourth-order valence-electron chi connectivity index (χ4n) is 4.94. The number of anilines is 1. The number of amides is 1. The summed E-state index contributed by atoms with van der Waals surface area (Å²) in [6.07, 6.45) is 8.42. The molecular formula is C26H33Cl2N3O3. The summed E-state index contributed by atoms with van der Waals surface area (Å²) in [4.78, 5) is 31.2. The Labute approximate surface area is 212 Å². The van der Waals surface area contributed by atoms with Crippen molar-refractivity contribution in [3.05, 3.63) is 73.7 Å². The SMILES string of the molecule is CCN(c1cc(Cl)cc2c1CC=CCCc1cc(C)[nH]c(=O)c1CNC2=O)C1CCOCC1.Cl. The Hall–Kier alpha value is -2.28. The number of H-pyrrole nitrogens is 1. The van der Waals surface area contributed by atoms with Gasteiger partial charge in [-0.2, -0.15) is 0 Å². The van der Waals surface area contributed by atoms with E-state index in [1.165, 1.54) is 0 Å². The largest absolute Gasteiger partial charge is 0.381 e. The third-order valence-electron chi connectivity index (χ3n) is 6.58. The van der Waals surface area contributed by atoms with Gasteiger partial charge in [-0.1, -0.05) is 23.8 Å². The van der Waals surface area contributed by atoms with E-state index in [-0.39, 0.29) is 30.4 Å². The van der Waals surface area contributed by atoms with Crippen molar-refractivity contribution in [2.45, 2.75) is 58.5 Å². The van der Waals surface area contributed by atoms with Gasteiger partial charge in [-0.3, -0.25) is 9.59 Å². The number of pyridine rings is 1. The predicted molar refractivity (Wildman–Crippen MR) is 140 cm³/mol. The lowest BCUT2D eigenvalue weighted by Gasteiger charge is -2.37. The molecule has 0 radical (unpaired) electrons. The van der Waals surface area contributed by atoms with Crippen LogP contribution in [0, 0.1) is 6.92 Å². The van der Waals surface area contributed by atoms with Crippen LogP contribution in [-0.4, -0.2) is 36.7 Å². The van der Waals surface area contributed by atoms with Gasteiger partial charge >= 0.3 is 0 Å². The average molecular weight is 506 g/mol. The van der Waals surface area contributed by atoms with Crippen LogP contribution in [0.15, 0.2) is 35.1 Å². The molecule has 1 saturated heterocycles. The molecule has 2 N–H and O–H groups in total. The van der Waals surface area contributed by atoms with E-state index in [0.29, 0.717) is 28.6 Å². The minimum absolute atomic E-state index is 0. The minimum Gasteiger partial charge on any atom is -0.381 e. The second-order valence-corrected chi connectivity index (χ2v) is 9.20. The molecule has 1 aromatic heterocycles. The first-order valence-corrected chi connectivity index (χ1v) is 12.2. The summed E-state index contributed by atoms with van der Waals surface area (Å²) in [6.45, 7) is 6.52. The lowest BCUT2D eigenvalue weighted by molar-refractivity contribution is 0.0845. The first kappa shape index (κ1) is 26.3. The third-order valence-corrected chi connectivity index (χ3v) is 6.79. The highest BCUT2D eigenvalue weighted by atomic mass is 35.5. The lowest BCUT2D eigenvalue weighted by Crippen LogP contribution is -2.40. The van der Waals surface area contributed by atoms with Crippen LogP contribution in [0.5, 0.6) is 0 Å². The van der Waals surface area contributed by atoms with Crippen molar-refractivity contribution in [2.24, 2.45) is 0 Å². The summed E-state index contributed by atoms with van der Waals surface area (Å²) in [7, 11) is 0. The number of aryl methyl sites for hydroxylation is 2. The molecule has 8 heteroatoms. The molecule has 0 spiro atoms. The number of carbonyl (C=O) groups excluding carboxylic acids is 1. The maximum atomic E-state index is 13.4. The first-order valence-electron chi connectivity index (χ1n) is 11.8. The summed E-state index contributed by atoms with van der Waals surface area (Å²) in [6, 6.07) is 6.08. The van der Waals surface area contributed by atoms with Crippen LogP contribution in [0.3, 0.4) is 0 Å². The molecule has 1 aromatic carbocycles. The molecule has 3 heterocycles. The lowest BCUT2D eigenvalue weighted by atomic mass is 9.96. The van der Waals surface area contributed by atoms with Crippen molar-refractivity contribution < 1.29 is 9.53 Å². The number of hydrogen-bond donors (Lipinski definition) is 2. The Morgan fingerprint density at radius 2 is 1.88 bits per heavy atom. The average Bonchev–Trinajstić information content (AvgIpc) is 2.79. The zero-order valence-corrected chi connectivity index (χ0v) is 21.4. The van der Waals surface area contributed by atoms with Gasteiger partial charge < -0.3 is 19.9 Å². The van der Waals surface area contributed by atoms with Crippen molar-refractivity contribution >= 4 is 35.6 Å². The van der Waals surface area contributed by atoms with Gasteiger partial charge in [-0.25, -0.2) is 0 Å². The number of aromatic amines is 1. The summed E-state index contributed by atoms with van der Waals surface area (Å²) >= 11 is 6.53. The second-order valence-electron chi connectivity index (χ2n) is 8.76. The highest BCUT2D eigenvalue weighted by molar-refractivity contribution is 6.31. The van der Waals surface area contributed by atoms with E-state index in [9.17, 15) is 9.59 Å². The van der Waals surface area contributed by atoms with Crippen LogP contribution in [0.1, 0.15) is 58.9 Å². The van der Waals surface area contributed by atoms with E-state index < -0.39 is 0 Å². The molecule has 1 amide bonds. The van der Waals surface area contributed by atoms with Crippen LogP contribution in [0.2, 0.25) is 5.02 Å². The molecule has 0 aliphatic carbocycles. The number of rotatable bonds is 3. The van der Waals surface area contributed by atoms with Crippen LogP contribution in [-0.2, 0) is 24.1 Å². The molecule has 34 heavy (non-hydrogen) atoms. The molecule has 0 bridgehead atoms. The van der Waals surface area contributed by atoms with Crippen LogP contribution in [0.25, 0.3) is 0 Å². The van der Waals surface area contributed by atoms with Crippen LogP contribution >= 0.6 is 24.0 Å². The topological polar surface area (TPSA) is 74.4 Å². The molecule has 6 nitrogen and oxygen atoms in total. The Morgan fingerprint density at radius 3 is 2.62 bits per heavy atom. The Balaban J connectivity index is 0.00000324. The fourth-order valence-corrected chi connectivity index (χ4v) is 5.15. The standard InChI is InChI=1S/C26H32ClN3O3.ClH/c1-3-30(20-9-11-33-12-10-20)24-15-19(27)14-22-21(24)8-6-4-5-7-18-13-17(2)29-26(32)23(18)16-28-25(22)31;/h4,6,13-15,20H,3,5,7-12,16H2,1-2H3,(H,28,31)(H,29,32);1H. The molecule has 4 rings (SSSR count). The maximum Gasteiger partial charge on any atom is 0.253 e. The van der Waals surface area contributed by atoms with E-state index >= 15 is 0 Å². The van der Waals surface area contributed by atoms with E-state index in [1.807, 2.05) is 19.1 Å². The normalized spacial score (nSPS) is 16.9. The van der Waals surface area contributed by atoms with Gasteiger partial charge in [0.1, 0.15) is 0 Å². The van der Waals surface area contributed by atoms with Crippen LogP contribution < -0.4 is 15.8 Å². The Kier molecular flexibility index (Phi) is 9.23. The quantitative estimate of drug-likeness (QED) is 0.590. The summed E-state index contributed by atoms with van der Waals surface area (Å²) in [5.74, 6) is -0.211. The number of hydrogen-bond acceptors (Lipinski definition) is 4. The Bertz CT molecular complexity index is 1110. The van der Waals surface area contributed by atoms with Crippen LogP contribution in [0.4, 0.5) is 5.69 Å². The molecule has 1 fully saturated rings. The Morgan fingerprint density at radius 1 is 1.12 bits per heavy atom. The van der Waals surface area contributed by atoms with Gasteiger partial charge in [-0.05, 0) is 75.3 Å². The fraction of sp³-hybridized carbons (Fsp3) is 0.462. The van der Waals surface area contributed by atoms with Gasteiger partial charge in [0.2, 0.25) is 0 Å². The van der Waals surface area contributed by atoms with Crippen molar-refractivity contribution in [1.29, 1.82) is 0 Å². The van der Waals surface area contributed by atoms with E-state index in [1.54, 1.807) is 6.07 Å². The molecular weight excluding hydrogens is 473 g/mol. The van der Waals surface area contributed by atoms with E-state index in [2.05, 4.69) is 34.3 Å². The molecule has 0 saturated carbocycles. The van der Waals surface area contributed by atoms with Gasteiger partial charge in [0, 0.05) is 59.9 Å². The number of allylic oxidation sites excluding steroid dienone is 2. The molecule has 2 aliphatic heterocycles. The number of nitrogens with one attached hydrogen (secondary N) is 2. The second kappa shape index (κ2) is 11.9. The molecule has 0 unspecified atom stereocenters. The maximum absolute atomic E-state index is 13.4. The van der Waals surface area contributed by atoms with E-state index in [0.717, 1.165) is 68.0 Å². The molecule has 184 valence electrons. The number of carbonyl (C=O) groups is 1. The number of ether oxygens (including phenoxy) is 1. The van der Waals surface area contributed by atoms with Crippen molar-refractivity contribution in [1.82, 2.24) is 10.3 Å².